The molecule has 140 valence electrons. The molecule has 1 saturated heterocycles. The Morgan fingerprint density at radius 3 is 2.56 bits per heavy atom. The third kappa shape index (κ3) is 4.08. The van der Waals surface area contributed by atoms with Crippen molar-refractivity contribution in [3.63, 3.8) is 0 Å². The number of amides is 3. The molecule has 0 unspecified atom stereocenters. The quantitative estimate of drug-likeness (QED) is 0.817. The lowest BCUT2D eigenvalue weighted by atomic mass is 10.1. The summed E-state index contributed by atoms with van der Waals surface area (Å²) in [5.74, 6) is -0.740. The second-order valence-electron chi connectivity index (χ2n) is 6.24. The molecule has 0 aliphatic carbocycles. The zero-order chi connectivity index (χ0) is 19.4. The van der Waals surface area contributed by atoms with Crippen LogP contribution in [0.25, 0.3) is 0 Å². The Morgan fingerprint density at radius 1 is 1.19 bits per heavy atom. The van der Waals surface area contributed by atoms with Crippen LogP contribution < -0.4 is 20.7 Å². The summed E-state index contributed by atoms with van der Waals surface area (Å²) < 4.78 is 5.59. The highest BCUT2D eigenvalue weighted by molar-refractivity contribution is 6.04. The molecule has 1 atom stereocenters. The number of primary amides is 1. The Balaban J connectivity index is 1.70. The Bertz CT molecular complexity index is 864. The maximum absolute atomic E-state index is 12.6. The summed E-state index contributed by atoms with van der Waals surface area (Å²) in [6.07, 6.45) is 0.131. The molecular weight excluding hydrogens is 346 g/mol. The second kappa shape index (κ2) is 7.90. The van der Waals surface area contributed by atoms with Gasteiger partial charge in [0.25, 0.3) is 0 Å². The molecule has 0 saturated carbocycles. The van der Waals surface area contributed by atoms with Crippen LogP contribution in [0.5, 0.6) is 5.75 Å². The van der Waals surface area contributed by atoms with E-state index in [1.807, 2.05) is 25.1 Å². The molecule has 2 aromatic carbocycles. The topological polar surface area (TPSA) is 102 Å². The molecule has 1 aliphatic rings. The number of hydrogen-bond acceptors (Lipinski definition) is 4. The lowest BCUT2D eigenvalue weighted by molar-refractivity contribution is -0.122. The minimum Gasteiger partial charge on any atom is -0.492 e. The van der Waals surface area contributed by atoms with Gasteiger partial charge in [-0.25, -0.2) is 0 Å². The number of carbonyl (C=O) groups is 3. The van der Waals surface area contributed by atoms with Crippen LogP contribution in [-0.4, -0.2) is 30.9 Å². The number of benzene rings is 2. The Kier molecular flexibility index (Phi) is 5.40. The normalized spacial score (nSPS) is 16.3. The molecule has 27 heavy (non-hydrogen) atoms. The van der Waals surface area contributed by atoms with Gasteiger partial charge in [-0.2, -0.15) is 0 Å². The van der Waals surface area contributed by atoms with Crippen LogP contribution in [-0.2, 0) is 9.59 Å². The molecule has 1 fully saturated rings. The molecule has 0 spiro atoms. The van der Waals surface area contributed by atoms with Crippen LogP contribution in [0.1, 0.15) is 23.7 Å². The van der Waals surface area contributed by atoms with Gasteiger partial charge in [-0.3, -0.25) is 14.4 Å². The van der Waals surface area contributed by atoms with Crippen LogP contribution >= 0.6 is 0 Å². The van der Waals surface area contributed by atoms with Crippen LogP contribution in [0, 0.1) is 5.92 Å². The number of nitrogens with two attached hydrogens (primary N) is 1. The highest BCUT2D eigenvalue weighted by atomic mass is 16.5. The number of ether oxygens (including phenoxy) is 1. The molecule has 0 radical (unpaired) electrons. The summed E-state index contributed by atoms with van der Waals surface area (Å²) in [7, 11) is 0. The van der Waals surface area contributed by atoms with Crippen molar-refractivity contribution >= 4 is 29.1 Å². The average Bonchev–Trinajstić information content (AvgIpc) is 3.05. The van der Waals surface area contributed by atoms with Crippen LogP contribution in [0.2, 0.25) is 0 Å². The van der Waals surface area contributed by atoms with Gasteiger partial charge in [0.05, 0.1) is 18.2 Å². The van der Waals surface area contributed by atoms with Gasteiger partial charge in [-0.05, 0) is 43.3 Å². The smallest absolute Gasteiger partial charge is 0.248 e. The first kappa shape index (κ1) is 18.4. The average molecular weight is 367 g/mol. The van der Waals surface area contributed by atoms with E-state index in [2.05, 4.69) is 5.32 Å². The molecule has 0 bridgehead atoms. The Labute approximate surface area is 157 Å². The fourth-order valence-electron chi connectivity index (χ4n) is 3.04. The summed E-state index contributed by atoms with van der Waals surface area (Å²) in [4.78, 5) is 37.7. The lowest BCUT2D eigenvalue weighted by Crippen LogP contribution is -2.28. The number of nitrogens with zero attached hydrogens (tertiary/aromatic N) is 1. The van der Waals surface area contributed by atoms with E-state index >= 15 is 0 Å². The molecule has 3 rings (SSSR count). The zero-order valence-electron chi connectivity index (χ0n) is 15.0. The van der Waals surface area contributed by atoms with E-state index in [0.717, 1.165) is 0 Å². The predicted octanol–water partition coefficient (Wildman–Crippen LogP) is 2.18. The zero-order valence-corrected chi connectivity index (χ0v) is 15.0. The molecule has 3 N–H and O–H groups in total. The van der Waals surface area contributed by atoms with Crippen molar-refractivity contribution in [1.82, 2.24) is 0 Å². The van der Waals surface area contributed by atoms with E-state index in [1.54, 1.807) is 35.2 Å². The maximum atomic E-state index is 12.6. The van der Waals surface area contributed by atoms with E-state index in [9.17, 15) is 14.4 Å². The van der Waals surface area contributed by atoms with Gasteiger partial charge in [0.1, 0.15) is 5.75 Å². The molecule has 0 aromatic heterocycles. The number of hydrogen-bond donors (Lipinski definition) is 2. The third-order valence-corrected chi connectivity index (χ3v) is 4.39. The standard InChI is InChI=1S/C20H21N3O4/c1-2-27-17-6-4-3-5-16(17)23-12-14(11-18(23)24)20(26)22-15-9-7-13(8-10-15)19(21)25/h3-10,14H,2,11-12H2,1H3,(H2,21,25)(H,22,26)/t14-/m0/s1. The van der Waals surface area contributed by atoms with Crippen molar-refractivity contribution in [1.29, 1.82) is 0 Å². The van der Waals surface area contributed by atoms with Crippen molar-refractivity contribution in [2.45, 2.75) is 13.3 Å². The molecule has 7 nitrogen and oxygen atoms in total. The first-order valence-electron chi connectivity index (χ1n) is 8.72. The molecule has 2 aromatic rings. The number of carbonyl (C=O) groups excluding carboxylic acids is 3. The number of para-hydroxylation sites is 2. The first-order valence-corrected chi connectivity index (χ1v) is 8.72. The first-order chi connectivity index (χ1) is 13.0. The van der Waals surface area contributed by atoms with Gasteiger partial charge < -0.3 is 20.7 Å². The Hall–Kier alpha value is -3.35. The molecule has 1 aliphatic heterocycles. The molecule has 3 amide bonds. The molecule has 7 heteroatoms. The summed E-state index contributed by atoms with van der Waals surface area (Å²) >= 11 is 0. The van der Waals surface area contributed by atoms with Crippen molar-refractivity contribution in [2.24, 2.45) is 11.7 Å². The van der Waals surface area contributed by atoms with Gasteiger partial charge in [0.15, 0.2) is 0 Å². The SMILES string of the molecule is CCOc1ccccc1N1C[C@@H](C(=O)Nc2ccc(C(N)=O)cc2)CC1=O. The van der Waals surface area contributed by atoms with Gasteiger partial charge in [0, 0.05) is 24.2 Å². The lowest BCUT2D eigenvalue weighted by Gasteiger charge is -2.20. The van der Waals surface area contributed by atoms with Gasteiger partial charge in [-0.15, -0.1) is 0 Å². The summed E-state index contributed by atoms with van der Waals surface area (Å²) in [5, 5.41) is 2.78. The highest BCUT2D eigenvalue weighted by Crippen LogP contribution is 2.33. The van der Waals surface area contributed by atoms with E-state index in [1.165, 1.54) is 0 Å². The van der Waals surface area contributed by atoms with E-state index in [-0.39, 0.29) is 24.8 Å². The Morgan fingerprint density at radius 2 is 1.89 bits per heavy atom. The largest absolute Gasteiger partial charge is 0.492 e. The summed E-state index contributed by atoms with van der Waals surface area (Å²) in [6, 6.07) is 13.6. The third-order valence-electron chi connectivity index (χ3n) is 4.39. The molecular formula is C20H21N3O4. The van der Waals surface area contributed by atoms with Crippen molar-refractivity contribution in [2.75, 3.05) is 23.4 Å². The van der Waals surface area contributed by atoms with E-state index < -0.39 is 11.8 Å². The number of anilines is 2. The van der Waals surface area contributed by atoms with Gasteiger partial charge in [0.2, 0.25) is 17.7 Å². The highest BCUT2D eigenvalue weighted by Gasteiger charge is 2.36. The minimum atomic E-state index is -0.530. The van der Waals surface area contributed by atoms with Crippen molar-refractivity contribution < 1.29 is 19.1 Å². The van der Waals surface area contributed by atoms with E-state index in [4.69, 9.17) is 10.5 Å². The van der Waals surface area contributed by atoms with Gasteiger partial charge >= 0.3 is 0 Å². The monoisotopic (exact) mass is 367 g/mol. The fourth-order valence-corrected chi connectivity index (χ4v) is 3.04. The minimum absolute atomic E-state index is 0.119. The molecule has 1 heterocycles. The fraction of sp³-hybridized carbons (Fsp3) is 0.250. The second-order valence-corrected chi connectivity index (χ2v) is 6.24. The van der Waals surface area contributed by atoms with Crippen molar-refractivity contribution in [3.05, 3.63) is 54.1 Å². The number of rotatable bonds is 6. The summed E-state index contributed by atoms with van der Waals surface area (Å²) in [6.45, 7) is 2.65. The maximum Gasteiger partial charge on any atom is 0.248 e. The van der Waals surface area contributed by atoms with Crippen molar-refractivity contribution in [3.8, 4) is 5.75 Å². The predicted molar refractivity (Wildman–Crippen MR) is 102 cm³/mol. The van der Waals surface area contributed by atoms with Crippen LogP contribution in [0.4, 0.5) is 11.4 Å². The van der Waals surface area contributed by atoms with Crippen LogP contribution in [0.3, 0.4) is 0 Å². The number of nitrogens with one attached hydrogen (secondary N) is 1. The summed E-state index contributed by atoms with van der Waals surface area (Å²) in [5.41, 5.74) is 6.79. The van der Waals surface area contributed by atoms with Gasteiger partial charge in [-0.1, -0.05) is 12.1 Å². The van der Waals surface area contributed by atoms with Crippen LogP contribution in [0.15, 0.2) is 48.5 Å². The van der Waals surface area contributed by atoms with E-state index in [0.29, 0.717) is 29.3 Å².